The predicted octanol–water partition coefficient (Wildman–Crippen LogP) is 3.64. The summed E-state index contributed by atoms with van der Waals surface area (Å²) < 4.78 is 54.2. The van der Waals surface area contributed by atoms with Crippen molar-refractivity contribution in [3.8, 4) is 0 Å². The van der Waals surface area contributed by atoms with Gasteiger partial charge in [0.25, 0.3) is 0 Å². The van der Waals surface area contributed by atoms with Gasteiger partial charge >= 0.3 is 0 Å². The standard InChI is InChI=1S/C14H11ClF4N2/c15-9-3-1-2-7(14(9)19)4-12(21-20)13-10(17)5-8(16)6-11(13)18/h1-3,5-6,12,21H,4,20H2. The molecule has 2 aromatic carbocycles. The summed E-state index contributed by atoms with van der Waals surface area (Å²) >= 11 is 5.65. The van der Waals surface area contributed by atoms with Crippen molar-refractivity contribution in [2.75, 3.05) is 0 Å². The molecule has 1 unspecified atom stereocenters. The Morgan fingerprint density at radius 3 is 2.29 bits per heavy atom. The molecule has 0 spiro atoms. The number of hydrogen-bond acceptors (Lipinski definition) is 2. The molecule has 0 aliphatic rings. The summed E-state index contributed by atoms with van der Waals surface area (Å²) in [6.07, 6.45) is -0.150. The topological polar surface area (TPSA) is 38.0 Å². The van der Waals surface area contributed by atoms with Gasteiger partial charge in [-0.1, -0.05) is 23.7 Å². The van der Waals surface area contributed by atoms with E-state index in [1.54, 1.807) is 0 Å². The second-order valence-corrected chi connectivity index (χ2v) is 4.83. The van der Waals surface area contributed by atoms with Crippen molar-refractivity contribution in [2.24, 2.45) is 5.84 Å². The van der Waals surface area contributed by atoms with E-state index in [0.29, 0.717) is 12.1 Å². The fourth-order valence-corrected chi connectivity index (χ4v) is 2.25. The Kier molecular flexibility index (Phi) is 4.82. The van der Waals surface area contributed by atoms with E-state index in [-0.39, 0.29) is 17.0 Å². The molecule has 21 heavy (non-hydrogen) atoms. The molecule has 0 fully saturated rings. The lowest BCUT2D eigenvalue weighted by Gasteiger charge is -2.18. The van der Waals surface area contributed by atoms with Crippen LogP contribution in [0.5, 0.6) is 0 Å². The Bertz CT molecular complexity index is 640. The maximum atomic E-state index is 13.8. The predicted molar refractivity (Wildman–Crippen MR) is 71.5 cm³/mol. The average Bonchev–Trinajstić information content (AvgIpc) is 2.41. The van der Waals surface area contributed by atoms with Gasteiger partial charge in [0, 0.05) is 17.7 Å². The van der Waals surface area contributed by atoms with Gasteiger partial charge in [-0.15, -0.1) is 0 Å². The first-order valence-corrected chi connectivity index (χ1v) is 6.35. The third-order valence-corrected chi connectivity index (χ3v) is 3.34. The Hall–Kier alpha value is -1.63. The number of hydrazine groups is 1. The average molecular weight is 319 g/mol. The van der Waals surface area contributed by atoms with E-state index < -0.39 is 34.9 Å². The molecule has 0 radical (unpaired) electrons. The van der Waals surface area contributed by atoms with Crippen molar-refractivity contribution < 1.29 is 17.6 Å². The summed E-state index contributed by atoms with van der Waals surface area (Å²) in [5, 5.41) is -0.108. The van der Waals surface area contributed by atoms with E-state index in [9.17, 15) is 17.6 Å². The molecule has 1 atom stereocenters. The van der Waals surface area contributed by atoms with Gasteiger partial charge in [-0.3, -0.25) is 11.3 Å². The molecule has 2 nitrogen and oxygen atoms in total. The largest absolute Gasteiger partial charge is 0.271 e. The van der Waals surface area contributed by atoms with Gasteiger partial charge in [0.2, 0.25) is 0 Å². The van der Waals surface area contributed by atoms with Crippen molar-refractivity contribution in [3.63, 3.8) is 0 Å². The van der Waals surface area contributed by atoms with Crippen LogP contribution in [0.2, 0.25) is 5.02 Å². The number of halogens is 5. The molecule has 7 heteroatoms. The van der Waals surface area contributed by atoms with Gasteiger partial charge in [0.1, 0.15) is 23.3 Å². The molecule has 0 saturated carbocycles. The summed E-state index contributed by atoms with van der Waals surface area (Å²) in [6, 6.07) is 4.29. The fraction of sp³-hybridized carbons (Fsp3) is 0.143. The van der Waals surface area contributed by atoms with Gasteiger partial charge in [-0.25, -0.2) is 17.6 Å². The van der Waals surface area contributed by atoms with Crippen molar-refractivity contribution in [1.29, 1.82) is 0 Å². The molecule has 0 bridgehead atoms. The fourth-order valence-electron chi connectivity index (χ4n) is 2.06. The number of nitrogens with two attached hydrogens (primary N) is 1. The van der Waals surface area contributed by atoms with Gasteiger partial charge in [-0.2, -0.15) is 0 Å². The van der Waals surface area contributed by atoms with E-state index in [1.165, 1.54) is 18.2 Å². The Balaban J connectivity index is 2.39. The van der Waals surface area contributed by atoms with Gasteiger partial charge in [-0.05, 0) is 18.1 Å². The SMILES string of the molecule is NNC(Cc1cccc(Cl)c1F)c1c(F)cc(F)cc1F. The lowest BCUT2D eigenvalue weighted by molar-refractivity contribution is 0.456. The third kappa shape index (κ3) is 3.34. The summed E-state index contributed by atoms with van der Waals surface area (Å²) in [7, 11) is 0. The van der Waals surface area contributed by atoms with E-state index >= 15 is 0 Å². The van der Waals surface area contributed by atoms with Crippen LogP contribution in [0.25, 0.3) is 0 Å². The summed E-state index contributed by atoms with van der Waals surface area (Å²) in [5.74, 6) is 1.35. The summed E-state index contributed by atoms with van der Waals surface area (Å²) in [4.78, 5) is 0. The molecule has 0 aliphatic heterocycles. The van der Waals surface area contributed by atoms with Crippen LogP contribution in [-0.4, -0.2) is 0 Å². The number of nitrogens with one attached hydrogen (secondary N) is 1. The van der Waals surface area contributed by atoms with Crippen LogP contribution in [0.3, 0.4) is 0 Å². The maximum Gasteiger partial charge on any atom is 0.145 e. The molecular formula is C14H11ClF4N2. The van der Waals surface area contributed by atoms with E-state index in [4.69, 9.17) is 17.4 Å². The Labute approximate surface area is 123 Å². The highest BCUT2D eigenvalue weighted by Crippen LogP contribution is 2.27. The van der Waals surface area contributed by atoms with Crippen LogP contribution in [0.4, 0.5) is 17.6 Å². The molecule has 0 aliphatic carbocycles. The Morgan fingerprint density at radius 1 is 1.10 bits per heavy atom. The smallest absolute Gasteiger partial charge is 0.145 e. The molecule has 2 rings (SSSR count). The third-order valence-electron chi connectivity index (χ3n) is 3.05. The van der Waals surface area contributed by atoms with Crippen molar-refractivity contribution in [3.05, 3.63) is 69.8 Å². The first-order valence-electron chi connectivity index (χ1n) is 5.97. The molecule has 0 amide bonds. The molecule has 2 aromatic rings. The van der Waals surface area contributed by atoms with E-state index in [2.05, 4.69) is 5.43 Å². The minimum Gasteiger partial charge on any atom is -0.271 e. The van der Waals surface area contributed by atoms with Crippen molar-refractivity contribution >= 4 is 11.6 Å². The summed E-state index contributed by atoms with van der Waals surface area (Å²) in [6.45, 7) is 0. The maximum absolute atomic E-state index is 13.8. The molecule has 0 heterocycles. The van der Waals surface area contributed by atoms with Crippen LogP contribution in [0.15, 0.2) is 30.3 Å². The first kappa shape index (κ1) is 15.8. The van der Waals surface area contributed by atoms with E-state index in [1.807, 2.05) is 0 Å². The van der Waals surface area contributed by atoms with Crippen molar-refractivity contribution in [2.45, 2.75) is 12.5 Å². The van der Waals surface area contributed by atoms with Crippen LogP contribution in [-0.2, 0) is 6.42 Å². The van der Waals surface area contributed by atoms with Gasteiger partial charge in [0.05, 0.1) is 11.1 Å². The van der Waals surface area contributed by atoms with Gasteiger partial charge < -0.3 is 0 Å². The van der Waals surface area contributed by atoms with E-state index in [0.717, 1.165) is 0 Å². The minimum atomic E-state index is -1.10. The second kappa shape index (κ2) is 6.43. The molecule has 0 saturated heterocycles. The second-order valence-electron chi connectivity index (χ2n) is 4.42. The molecular weight excluding hydrogens is 308 g/mol. The minimum absolute atomic E-state index is 0.108. The summed E-state index contributed by atoms with van der Waals surface area (Å²) in [5.41, 5.74) is 1.88. The molecule has 0 aromatic heterocycles. The zero-order valence-corrected chi connectivity index (χ0v) is 11.4. The lowest BCUT2D eigenvalue weighted by Crippen LogP contribution is -2.31. The van der Waals surface area contributed by atoms with Crippen LogP contribution in [0, 0.1) is 23.3 Å². The highest BCUT2D eigenvalue weighted by Gasteiger charge is 2.22. The number of hydrogen-bond donors (Lipinski definition) is 2. The highest BCUT2D eigenvalue weighted by molar-refractivity contribution is 6.30. The monoisotopic (exact) mass is 318 g/mol. The zero-order valence-electron chi connectivity index (χ0n) is 10.6. The van der Waals surface area contributed by atoms with Crippen LogP contribution >= 0.6 is 11.6 Å². The van der Waals surface area contributed by atoms with Gasteiger partial charge in [0.15, 0.2) is 0 Å². The lowest BCUT2D eigenvalue weighted by atomic mass is 9.98. The number of benzene rings is 2. The molecule has 3 N–H and O–H groups in total. The highest BCUT2D eigenvalue weighted by atomic mass is 35.5. The quantitative estimate of drug-likeness (QED) is 0.513. The van der Waals surface area contributed by atoms with Crippen LogP contribution < -0.4 is 11.3 Å². The Morgan fingerprint density at radius 2 is 1.71 bits per heavy atom. The number of rotatable bonds is 4. The van der Waals surface area contributed by atoms with Crippen LogP contribution in [0.1, 0.15) is 17.2 Å². The normalized spacial score (nSPS) is 12.5. The zero-order chi connectivity index (χ0) is 15.6. The van der Waals surface area contributed by atoms with Crippen molar-refractivity contribution in [1.82, 2.24) is 5.43 Å². The molecule has 112 valence electrons. The first-order chi connectivity index (χ1) is 9.93.